The molecule has 7 nitrogen and oxygen atoms in total. The summed E-state index contributed by atoms with van der Waals surface area (Å²) in [6.07, 6.45) is 0. The van der Waals surface area contributed by atoms with Gasteiger partial charge in [0.15, 0.2) is 0 Å². The number of benzene rings is 1. The van der Waals surface area contributed by atoms with Gasteiger partial charge in [-0.2, -0.15) is 0 Å². The first-order valence-electron chi connectivity index (χ1n) is 6.29. The van der Waals surface area contributed by atoms with Crippen LogP contribution in [0.1, 0.15) is 24.2 Å². The van der Waals surface area contributed by atoms with E-state index in [1.54, 1.807) is 24.3 Å². The molecule has 0 aliphatic carbocycles. The lowest BCUT2D eigenvalue weighted by Gasteiger charge is -2.10. The second-order valence-electron chi connectivity index (χ2n) is 4.53. The van der Waals surface area contributed by atoms with E-state index in [1.807, 2.05) is 13.8 Å². The van der Waals surface area contributed by atoms with Gasteiger partial charge in [0, 0.05) is 17.3 Å². The van der Waals surface area contributed by atoms with Crippen molar-refractivity contribution in [2.45, 2.75) is 19.9 Å². The monoisotopic (exact) mass is 305 g/mol. The van der Waals surface area contributed by atoms with Gasteiger partial charge in [-0.3, -0.25) is 10.1 Å². The van der Waals surface area contributed by atoms with Crippen molar-refractivity contribution in [2.24, 2.45) is 0 Å². The first-order chi connectivity index (χ1) is 10.0. The van der Waals surface area contributed by atoms with Crippen LogP contribution in [-0.4, -0.2) is 28.2 Å². The smallest absolute Gasteiger partial charge is 0.319 e. The van der Waals surface area contributed by atoms with E-state index in [1.165, 1.54) is 16.8 Å². The Morgan fingerprint density at radius 2 is 1.86 bits per heavy atom. The lowest BCUT2D eigenvalue weighted by molar-refractivity contribution is 0.102. The molecule has 1 heterocycles. The molecule has 0 aliphatic heterocycles. The number of carbonyl (C=O) groups is 2. The minimum absolute atomic E-state index is 0.0574. The average Bonchev–Trinajstić information content (AvgIpc) is 2.91. The molecule has 0 spiro atoms. The molecule has 0 saturated carbocycles. The maximum Gasteiger partial charge on any atom is 0.319 e. The molecule has 0 saturated heterocycles. The predicted molar refractivity (Wildman–Crippen MR) is 81.6 cm³/mol. The number of nitrogens with one attached hydrogen (secondary N) is 3. The van der Waals surface area contributed by atoms with Gasteiger partial charge < -0.3 is 10.6 Å². The molecule has 21 heavy (non-hydrogen) atoms. The molecular formula is C13H15N5O2S. The number of aromatic nitrogens is 2. The van der Waals surface area contributed by atoms with E-state index in [-0.39, 0.29) is 18.0 Å². The van der Waals surface area contributed by atoms with E-state index in [2.05, 4.69) is 26.1 Å². The molecule has 0 atom stereocenters. The Morgan fingerprint density at radius 1 is 1.14 bits per heavy atom. The average molecular weight is 305 g/mol. The zero-order valence-electron chi connectivity index (χ0n) is 11.6. The largest absolute Gasteiger partial charge is 0.336 e. The van der Waals surface area contributed by atoms with Gasteiger partial charge in [-0.25, -0.2) is 4.79 Å². The number of anilines is 2. The molecule has 1 aromatic carbocycles. The highest BCUT2D eigenvalue weighted by Crippen LogP contribution is 2.13. The summed E-state index contributed by atoms with van der Waals surface area (Å²) in [5.74, 6) is -0.273. The molecule has 1 aromatic heterocycles. The van der Waals surface area contributed by atoms with Gasteiger partial charge in [0.1, 0.15) is 5.51 Å². The molecule has 110 valence electrons. The predicted octanol–water partition coefficient (Wildman–Crippen LogP) is 2.32. The van der Waals surface area contributed by atoms with E-state index in [0.29, 0.717) is 16.4 Å². The van der Waals surface area contributed by atoms with Gasteiger partial charge in [0.2, 0.25) is 5.13 Å². The first-order valence-corrected chi connectivity index (χ1v) is 7.17. The van der Waals surface area contributed by atoms with Gasteiger partial charge in [0.05, 0.1) is 0 Å². The Balaban J connectivity index is 1.95. The summed E-state index contributed by atoms with van der Waals surface area (Å²) in [7, 11) is 0. The number of hydrogen-bond donors (Lipinski definition) is 3. The highest BCUT2D eigenvalue weighted by molar-refractivity contribution is 7.13. The number of rotatable bonds is 4. The van der Waals surface area contributed by atoms with Crippen LogP contribution < -0.4 is 16.0 Å². The molecule has 3 amide bonds. The molecule has 0 aliphatic rings. The van der Waals surface area contributed by atoms with Crippen molar-refractivity contribution in [1.82, 2.24) is 15.5 Å². The maximum absolute atomic E-state index is 11.9. The number of urea groups is 1. The quantitative estimate of drug-likeness (QED) is 0.807. The molecule has 8 heteroatoms. The minimum atomic E-state index is -0.281. The molecule has 2 rings (SSSR count). The lowest BCUT2D eigenvalue weighted by atomic mass is 10.2. The van der Waals surface area contributed by atoms with Crippen molar-refractivity contribution in [3.63, 3.8) is 0 Å². The van der Waals surface area contributed by atoms with Crippen LogP contribution in [0.25, 0.3) is 0 Å². The summed E-state index contributed by atoms with van der Waals surface area (Å²) in [6.45, 7) is 3.75. The highest BCUT2D eigenvalue weighted by atomic mass is 32.1. The first kappa shape index (κ1) is 14.9. The molecule has 3 N–H and O–H groups in total. The fourth-order valence-electron chi connectivity index (χ4n) is 1.53. The van der Waals surface area contributed by atoms with E-state index in [9.17, 15) is 9.59 Å². The van der Waals surface area contributed by atoms with Crippen LogP contribution in [0.5, 0.6) is 0 Å². The topological polar surface area (TPSA) is 96.0 Å². The number of amides is 3. The van der Waals surface area contributed by atoms with Crippen LogP contribution in [0, 0.1) is 0 Å². The van der Waals surface area contributed by atoms with E-state index >= 15 is 0 Å². The van der Waals surface area contributed by atoms with E-state index in [4.69, 9.17) is 0 Å². The Morgan fingerprint density at radius 3 is 2.43 bits per heavy atom. The third-order valence-corrected chi connectivity index (χ3v) is 3.01. The summed E-state index contributed by atoms with van der Waals surface area (Å²) in [5.41, 5.74) is 2.62. The highest BCUT2D eigenvalue weighted by Gasteiger charge is 2.08. The third kappa shape index (κ3) is 4.53. The number of hydrogen-bond acceptors (Lipinski definition) is 5. The second-order valence-corrected chi connectivity index (χ2v) is 5.36. The number of nitrogens with zero attached hydrogens (tertiary/aromatic N) is 2. The normalized spacial score (nSPS) is 10.2. The van der Waals surface area contributed by atoms with Gasteiger partial charge in [-0.05, 0) is 38.1 Å². The summed E-state index contributed by atoms with van der Waals surface area (Å²) in [4.78, 5) is 23.5. The van der Waals surface area contributed by atoms with Crippen LogP contribution in [0.2, 0.25) is 0 Å². The maximum atomic E-state index is 11.9. The fraction of sp³-hybridized carbons (Fsp3) is 0.231. The molecule has 0 radical (unpaired) electrons. The van der Waals surface area contributed by atoms with Crippen molar-refractivity contribution in [1.29, 1.82) is 0 Å². The standard InChI is InChI=1S/C13H15N5O2S/c1-8(2)15-12(20)16-10-5-3-9(4-6-10)11(19)17-13-18-14-7-21-13/h3-8H,1-2H3,(H2,15,16,20)(H,17,18,19). The van der Waals surface area contributed by atoms with Crippen molar-refractivity contribution < 1.29 is 9.59 Å². The minimum Gasteiger partial charge on any atom is -0.336 e. The van der Waals surface area contributed by atoms with Crippen LogP contribution in [0.4, 0.5) is 15.6 Å². The summed E-state index contributed by atoms with van der Waals surface area (Å²) in [6, 6.07) is 6.35. The molecule has 2 aromatic rings. The van der Waals surface area contributed by atoms with Gasteiger partial charge >= 0.3 is 6.03 Å². The van der Waals surface area contributed by atoms with Crippen molar-refractivity contribution >= 4 is 34.1 Å². The fourth-order valence-corrected chi connectivity index (χ4v) is 1.97. The van der Waals surface area contributed by atoms with Crippen LogP contribution in [0.15, 0.2) is 29.8 Å². The van der Waals surface area contributed by atoms with Crippen molar-refractivity contribution in [3.8, 4) is 0 Å². The zero-order chi connectivity index (χ0) is 15.2. The second kappa shape index (κ2) is 6.80. The van der Waals surface area contributed by atoms with Crippen LogP contribution in [-0.2, 0) is 0 Å². The summed E-state index contributed by atoms with van der Waals surface area (Å²) < 4.78 is 0. The van der Waals surface area contributed by atoms with Gasteiger partial charge in [0.25, 0.3) is 5.91 Å². The Bertz CT molecular complexity index is 610. The third-order valence-electron chi connectivity index (χ3n) is 2.41. The van der Waals surface area contributed by atoms with E-state index in [0.717, 1.165) is 0 Å². The molecule has 0 unspecified atom stereocenters. The van der Waals surface area contributed by atoms with Crippen molar-refractivity contribution in [2.75, 3.05) is 10.6 Å². The molecule has 0 bridgehead atoms. The molecular weight excluding hydrogens is 290 g/mol. The molecule has 0 fully saturated rings. The van der Waals surface area contributed by atoms with Gasteiger partial charge in [-0.15, -0.1) is 10.2 Å². The summed E-state index contributed by atoms with van der Waals surface area (Å²) in [5, 5.41) is 15.8. The Hall–Kier alpha value is -2.48. The zero-order valence-corrected chi connectivity index (χ0v) is 12.4. The SMILES string of the molecule is CC(C)NC(=O)Nc1ccc(C(=O)Nc2nncs2)cc1. The van der Waals surface area contributed by atoms with Crippen LogP contribution >= 0.6 is 11.3 Å². The van der Waals surface area contributed by atoms with Crippen LogP contribution in [0.3, 0.4) is 0 Å². The van der Waals surface area contributed by atoms with Crippen molar-refractivity contribution in [3.05, 3.63) is 35.3 Å². The van der Waals surface area contributed by atoms with Gasteiger partial charge in [-0.1, -0.05) is 11.3 Å². The summed E-state index contributed by atoms with van der Waals surface area (Å²) >= 11 is 1.24. The Kier molecular flexibility index (Phi) is 4.83. The Labute approximate surface area is 125 Å². The van der Waals surface area contributed by atoms with E-state index < -0.39 is 0 Å². The number of carbonyl (C=O) groups excluding carboxylic acids is 2. The lowest BCUT2D eigenvalue weighted by Crippen LogP contribution is -2.34.